The molecule has 0 radical (unpaired) electrons. The van der Waals surface area contributed by atoms with Crippen LogP contribution in [0.5, 0.6) is 0 Å². The van der Waals surface area contributed by atoms with Gasteiger partial charge in [-0.05, 0) is 57.2 Å². The Labute approximate surface area is 122 Å². The molecular weight excluding hydrogens is 250 g/mol. The largest absolute Gasteiger partial charge is 0.353 e. The third-order valence-electron chi connectivity index (χ3n) is 5.45. The Morgan fingerprint density at radius 3 is 2.70 bits per heavy atom. The first-order valence-electron chi connectivity index (χ1n) is 8.58. The summed E-state index contributed by atoms with van der Waals surface area (Å²) in [5, 5.41) is 6.59. The quantitative estimate of drug-likeness (QED) is 0.817. The van der Waals surface area contributed by atoms with Gasteiger partial charge in [-0.15, -0.1) is 0 Å². The molecule has 0 spiro atoms. The third-order valence-corrected chi connectivity index (χ3v) is 5.45. The molecule has 3 fully saturated rings. The molecule has 4 nitrogen and oxygen atoms in total. The molecule has 0 bridgehead atoms. The molecule has 3 aliphatic rings. The Hall–Kier alpha value is -0.610. The molecule has 0 aromatic rings. The van der Waals surface area contributed by atoms with Crippen molar-refractivity contribution < 1.29 is 4.79 Å². The summed E-state index contributed by atoms with van der Waals surface area (Å²) in [6.45, 7) is 5.31. The summed E-state index contributed by atoms with van der Waals surface area (Å²) < 4.78 is 0. The van der Waals surface area contributed by atoms with Crippen LogP contribution in [0, 0.1) is 11.8 Å². The van der Waals surface area contributed by atoms with E-state index >= 15 is 0 Å². The molecule has 0 aromatic heterocycles. The van der Waals surface area contributed by atoms with Crippen LogP contribution in [0.1, 0.15) is 44.9 Å². The number of fused-ring (bicyclic) bond motifs is 1. The Morgan fingerprint density at radius 2 is 1.90 bits per heavy atom. The van der Waals surface area contributed by atoms with Crippen molar-refractivity contribution in [2.45, 2.75) is 51.0 Å². The molecule has 1 saturated carbocycles. The van der Waals surface area contributed by atoms with Gasteiger partial charge in [-0.2, -0.15) is 0 Å². The summed E-state index contributed by atoms with van der Waals surface area (Å²) in [7, 11) is 0. The van der Waals surface area contributed by atoms with E-state index < -0.39 is 0 Å². The van der Waals surface area contributed by atoms with Crippen molar-refractivity contribution in [2.75, 3.05) is 32.7 Å². The van der Waals surface area contributed by atoms with E-state index in [2.05, 4.69) is 15.5 Å². The standard InChI is InChI=1S/C16H29N3O/c20-16(15-14-7-5-6-13(14)12-18-15)17-8-11-19-9-3-1-2-4-10-19/h13-15,18H,1-12H2,(H,17,20). The van der Waals surface area contributed by atoms with Gasteiger partial charge in [0.15, 0.2) is 0 Å². The van der Waals surface area contributed by atoms with Crippen molar-refractivity contribution >= 4 is 5.91 Å². The first kappa shape index (κ1) is 14.3. The van der Waals surface area contributed by atoms with E-state index in [1.54, 1.807) is 0 Å². The van der Waals surface area contributed by atoms with E-state index in [4.69, 9.17) is 0 Å². The Morgan fingerprint density at radius 1 is 1.10 bits per heavy atom. The van der Waals surface area contributed by atoms with Crippen molar-refractivity contribution in [1.29, 1.82) is 0 Å². The normalized spacial score (nSPS) is 34.7. The molecule has 0 aromatic carbocycles. The fourth-order valence-corrected chi connectivity index (χ4v) is 4.28. The number of carbonyl (C=O) groups is 1. The minimum absolute atomic E-state index is 0.0895. The zero-order valence-corrected chi connectivity index (χ0v) is 12.6. The van der Waals surface area contributed by atoms with E-state index in [-0.39, 0.29) is 11.9 Å². The maximum atomic E-state index is 12.3. The number of likely N-dealkylation sites (tertiary alicyclic amines) is 1. The fraction of sp³-hybridized carbons (Fsp3) is 0.938. The lowest BCUT2D eigenvalue weighted by Crippen LogP contribution is -2.46. The van der Waals surface area contributed by atoms with Crippen molar-refractivity contribution in [1.82, 2.24) is 15.5 Å². The molecule has 3 atom stereocenters. The van der Waals surface area contributed by atoms with Crippen molar-refractivity contribution in [3.8, 4) is 0 Å². The number of rotatable bonds is 4. The lowest BCUT2D eigenvalue weighted by atomic mass is 9.94. The van der Waals surface area contributed by atoms with Gasteiger partial charge in [0.2, 0.25) is 5.91 Å². The first-order chi connectivity index (χ1) is 9.84. The number of nitrogens with zero attached hydrogens (tertiary/aromatic N) is 1. The van der Waals surface area contributed by atoms with Crippen molar-refractivity contribution in [3.63, 3.8) is 0 Å². The van der Waals surface area contributed by atoms with Gasteiger partial charge in [0, 0.05) is 13.1 Å². The van der Waals surface area contributed by atoms with E-state index in [0.29, 0.717) is 5.92 Å². The lowest BCUT2D eigenvalue weighted by molar-refractivity contribution is -0.123. The highest BCUT2D eigenvalue weighted by atomic mass is 16.2. The summed E-state index contributed by atoms with van der Waals surface area (Å²) in [5.41, 5.74) is 0. The maximum absolute atomic E-state index is 12.3. The Kier molecular flexibility index (Phi) is 4.94. The average molecular weight is 279 g/mol. The molecule has 1 amide bonds. The summed E-state index contributed by atoms with van der Waals surface area (Å²) in [4.78, 5) is 14.8. The predicted octanol–water partition coefficient (Wildman–Crippen LogP) is 1.37. The van der Waals surface area contributed by atoms with Crippen LogP contribution in [0.3, 0.4) is 0 Å². The van der Waals surface area contributed by atoms with Crippen LogP contribution >= 0.6 is 0 Å². The Bertz CT molecular complexity index is 326. The average Bonchev–Trinajstić information content (AvgIpc) is 2.96. The highest BCUT2D eigenvalue weighted by molar-refractivity contribution is 5.82. The minimum Gasteiger partial charge on any atom is -0.353 e. The fourth-order valence-electron chi connectivity index (χ4n) is 4.28. The van der Waals surface area contributed by atoms with Crippen LogP contribution in [-0.4, -0.2) is 49.6 Å². The van der Waals surface area contributed by atoms with Gasteiger partial charge in [-0.1, -0.05) is 19.3 Å². The zero-order valence-electron chi connectivity index (χ0n) is 12.6. The van der Waals surface area contributed by atoms with Crippen molar-refractivity contribution in [3.05, 3.63) is 0 Å². The van der Waals surface area contributed by atoms with E-state index in [0.717, 1.165) is 25.6 Å². The van der Waals surface area contributed by atoms with Gasteiger partial charge in [0.05, 0.1) is 6.04 Å². The highest BCUT2D eigenvalue weighted by Gasteiger charge is 2.42. The smallest absolute Gasteiger partial charge is 0.237 e. The van der Waals surface area contributed by atoms with Crippen LogP contribution in [-0.2, 0) is 4.79 Å². The second-order valence-corrected chi connectivity index (χ2v) is 6.79. The molecule has 4 heteroatoms. The summed E-state index contributed by atoms with van der Waals surface area (Å²) in [6.07, 6.45) is 9.26. The molecule has 2 aliphatic heterocycles. The van der Waals surface area contributed by atoms with Gasteiger partial charge in [-0.3, -0.25) is 4.79 Å². The minimum atomic E-state index is 0.0895. The van der Waals surface area contributed by atoms with Gasteiger partial charge in [-0.25, -0.2) is 0 Å². The third kappa shape index (κ3) is 3.34. The molecule has 2 N–H and O–H groups in total. The van der Waals surface area contributed by atoms with E-state index in [1.807, 2.05) is 0 Å². The molecular formula is C16H29N3O. The zero-order chi connectivity index (χ0) is 13.8. The molecule has 3 unspecified atom stereocenters. The number of nitrogens with one attached hydrogen (secondary N) is 2. The summed E-state index contributed by atoms with van der Waals surface area (Å²) in [6, 6.07) is 0.0895. The molecule has 3 rings (SSSR count). The van der Waals surface area contributed by atoms with E-state index in [9.17, 15) is 4.79 Å². The molecule has 1 aliphatic carbocycles. The molecule has 2 heterocycles. The number of hydrogen-bond donors (Lipinski definition) is 2. The lowest BCUT2D eigenvalue weighted by Gasteiger charge is -2.22. The number of amides is 1. The van der Waals surface area contributed by atoms with Crippen molar-refractivity contribution in [2.24, 2.45) is 11.8 Å². The van der Waals surface area contributed by atoms with Gasteiger partial charge >= 0.3 is 0 Å². The van der Waals surface area contributed by atoms with Gasteiger partial charge in [0.25, 0.3) is 0 Å². The molecule has 20 heavy (non-hydrogen) atoms. The van der Waals surface area contributed by atoms with Crippen LogP contribution in [0.15, 0.2) is 0 Å². The molecule has 114 valence electrons. The second kappa shape index (κ2) is 6.90. The highest BCUT2D eigenvalue weighted by Crippen LogP contribution is 2.37. The SMILES string of the molecule is O=C(NCCN1CCCCCC1)C1NCC2CCCC21. The summed E-state index contributed by atoms with van der Waals surface area (Å²) >= 11 is 0. The topological polar surface area (TPSA) is 44.4 Å². The monoisotopic (exact) mass is 279 g/mol. The van der Waals surface area contributed by atoms with Crippen LogP contribution in [0.2, 0.25) is 0 Å². The van der Waals surface area contributed by atoms with Gasteiger partial charge < -0.3 is 15.5 Å². The van der Waals surface area contributed by atoms with Gasteiger partial charge in [0.1, 0.15) is 0 Å². The first-order valence-corrected chi connectivity index (χ1v) is 8.58. The number of carbonyl (C=O) groups excluding carboxylic acids is 1. The second-order valence-electron chi connectivity index (χ2n) is 6.79. The predicted molar refractivity (Wildman–Crippen MR) is 80.5 cm³/mol. The summed E-state index contributed by atoms with van der Waals surface area (Å²) in [5.74, 6) is 1.61. The Balaban J connectivity index is 1.38. The maximum Gasteiger partial charge on any atom is 0.237 e. The number of hydrogen-bond acceptors (Lipinski definition) is 3. The van der Waals surface area contributed by atoms with E-state index in [1.165, 1.54) is 58.0 Å². The van der Waals surface area contributed by atoms with Crippen LogP contribution < -0.4 is 10.6 Å². The van der Waals surface area contributed by atoms with Crippen LogP contribution in [0.4, 0.5) is 0 Å². The van der Waals surface area contributed by atoms with Crippen LogP contribution in [0.25, 0.3) is 0 Å². The molecule has 2 saturated heterocycles.